The molecule has 0 radical (unpaired) electrons. The number of rotatable bonds is 7. The Bertz CT molecular complexity index is 926. The summed E-state index contributed by atoms with van der Waals surface area (Å²) in [5.74, 6) is 1.74. The molecule has 0 aliphatic carbocycles. The van der Waals surface area contributed by atoms with E-state index in [1.807, 2.05) is 48.2 Å². The molecular formula is C22H24N4O2S. The smallest absolute Gasteiger partial charge is 0.254 e. The molecule has 1 saturated heterocycles. The van der Waals surface area contributed by atoms with Crippen LogP contribution >= 0.6 is 11.8 Å². The average molecular weight is 409 g/mol. The van der Waals surface area contributed by atoms with Gasteiger partial charge in [0.1, 0.15) is 12.1 Å². The number of benzene rings is 2. The molecule has 1 amide bonds. The number of thioether (sulfide) groups is 1. The first-order valence-electron chi connectivity index (χ1n) is 9.85. The van der Waals surface area contributed by atoms with Crippen LogP contribution in [0.2, 0.25) is 0 Å². The minimum Gasteiger partial charge on any atom is -0.494 e. The van der Waals surface area contributed by atoms with Crippen molar-refractivity contribution in [1.29, 1.82) is 0 Å². The minimum absolute atomic E-state index is 0.0934. The molecule has 0 spiro atoms. The van der Waals surface area contributed by atoms with E-state index < -0.39 is 0 Å². The molecule has 4 rings (SSSR count). The first-order valence-corrected chi connectivity index (χ1v) is 10.8. The number of hydrogen-bond acceptors (Lipinski definition) is 5. The summed E-state index contributed by atoms with van der Waals surface area (Å²) in [5, 5.41) is 7.48. The predicted molar refractivity (Wildman–Crippen MR) is 113 cm³/mol. The first kappa shape index (κ1) is 19.5. The van der Waals surface area contributed by atoms with Gasteiger partial charge < -0.3 is 9.64 Å². The number of carbonyl (C=O) groups excluding carboxylic acids is 1. The van der Waals surface area contributed by atoms with Crippen LogP contribution in [0.1, 0.15) is 47.3 Å². The van der Waals surface area contributed by atoms with E-state index in [-0.39, 0.29) is 11.9 Å². The van der Waals surface area contributed by atoms with Crippen LogP contribution in [-0.4, -0.2) is 39.1 Å². The third-order valence-corrected chi connectivity index (χ3v) is 6.01. The molecule has 0 saturated carbocycles. The van der Waals surface area contributed by atoms with E-state index in [1.54, 1.807) is 11.8 Å². The van der Waals surface area contributed by atoms with Crippen molar-refractivity contribution in [3.8, 4) is 5.75 Å². The summed E-state index contributed by atoms with van der Waals surface area (Å²) in [5.41, 5.74) is 3.04. The number of ether oxygens (including phenoxy) is 1. The maximum atomic E-state index is 13.1. The summed E-state index contributed by atoms with van der Waals surface area (Å²) in [6.45, 7) is 3.42. The van der Waals surface area contributed by atoms with Crippen LogP contribution in [0.5, 0.6) is 5.75 Å². The van der Waals surface area contributed by atoms with Crippen LogP contribution in [0.25, 0.3) is 0 Å². The van der Waals surface area contributed by atoms with Gasteiger partial charge in [-0.2, -0.15) is 5.10 Å². The molecule has 6 nitrogen and oxygen atoms in total. The quantitative estimate of drug-likeness (QED) is 0.584. The molecule has 3 aromatic rings. The topological polar surface area (TPSA) is 71.1 Å². The van der Waals surface area contributed by atoms with Crippen molar-refractivity contribution in [1.82, 2.24) is 20.1 Å². The van der Waals surface area contributed by atoms with Crippen LogP contribution in [0.15, 0.2) is 60.0 Å². The Hall–Kier alpha value is -2.80. The molecule has 1 atom stereocenters. The SMILES string of the molecule is CCOc1ccc(C2CCCN2C(=O)c2ccc(CSc3ncn[nH]3)cc2)cc1. The van der Waals surface area contributed by atoms with E-state index in [2.05, 4.69) is 27.3 Å². The molecule has 2 aromatic carbocycles. The molecule has 0 bridgehead atoms. The van der Waals surface area contributed by atoms with Crippen LogP contribution in [0.3, 0.4) is 0 Å². The standard InChI is InChI=1S/C22H24N4O2S/c1-2-28-19-11-9-17(10-12-19)20-4-3-13-26(20)21(27)18-7-5-16(6-8-18)14-29-22-23-15-24-25-22/h5-12,15,20H,2-4,13-14H2,1H3,(H,23,24,25). The second-order valence-corrected chi connectivity index (χ2v) is 7.90. The normalized spacial score (nSPS) is 16.2. The Morgan fingerprint density at radius 2 is 2.00 bits per heavy atom. The van der Waals surface area contributed by atoms with Crippen molar-refractivity contribution in [3.63, 3.8) is 0 Å². The third kappa shape index (κ3) is 4.62. The number of nitrogens with zero attached hydrogens (tertiary/aromatic N) is 3. The predicted octanol–water partition coefficient (Wildman–Crippen LogP) is 4.47. The molecule has 29 heavy (non-hydrogen) atoms. The van der Waals surface area contributed by atoms with E-state index in [9.17, 15) is 4.79 Å². The van der Waals surface area contributed by atoms with Crippen molar-refractivity contribution >= 4 is 17.7 Å². The van der Waals surface area contributed by atoms with Crippen molar-refractivity contribution in [2.24, 2.45) is 0 Å². The lowest BCUT2D eigenvalue weighted by atomic mass is 10.0. The number of carbonyl (C=O) groups is 1. The number of amides is 1. The molecule has 1 fully saturated rings. The van der Waals surface area contributed by atoms with E-state index in [1.165, 1.54) is 11.9 Å². The van der Waals surface area contributed by atoms with Gasteiger partial charge in [-0.1, -0.05) is 36.0 Å². The van der Waals surface area contributed by atoms with Gasteiger partial charge in [-0.25, -0.2) is 4.98 Å². The average Bonchev–Trinajstić information content (AvgIpc) is 3.45. The molecule has 1 N–H and O–H groups in total. The highest BCUT2D eigenvalue weighted by Crippen LogP contribution is 2.34. The number of hydrogen-bond donors (Lipinski definition) is 1. The van der Waals surface area contributed by atoms with Gasteiger partial charge in [0, 0.05) is 17.9 Å². The molecule has 1 aliphatic heterocycles. The van der Waals surface area contributed by atoms with Crippen LogP contribution < -0.4 is 4.74 Å². The van der Waals surface area contributed by atoms with Gasteiger partial charge in [0.25, 0.3) is 5.91 Å². The fraction of sp³-hybridized carbons (Fsp3) is 0.318. The van der Waals surface area contributed by atoms with Gasteiger partial charge >= 0.3 is 0 Å². The number of aromatic amines is 1. The zero-order valence-corrected chi connectivity index (χ0v) is 17.2. The zero-order valence-electron chi connectivity index (χ0n) is 16.4. The summed E-state index contributed by atoms with van der Waals surface area (Å²) in [6.07, 6.45) is 3.52. The van der Waals surface area contributed by atoms with Crippen molar-refractivity contribution in [2.75, 3.05) is 13.2 Å². The fourth-order valence-electron chi connectivity index (χ4n) is 3.63. The molecule has 1 aliphatic rings. The molecule has 1 unspecified atom stereocenters. The van der Waals surface area contributed by atoms with E-state index in [0.29, 0.717) is 6.61 Å². The monoisotopic (exact) mass is 408 g/mol. The van der Waals surface area contributed by atoms with Gasteiger partial charge in [-0.3, -0.25) is 9.89 Å². The molecule has 7 heteroatoms. The molecule has 2 heterocycles. The number of likely N-dealkylation sites (tertiary alicyclic amines) is 1. The highest BCUT2D eigenvalue weighted by Gasteiger charge is 2.30. The van der Waals surface area contributed by atoms with E-state index in [0.717, 1.165) is 47.2 Å². The Balaban J connectivity index is 1.42. The van der Waals surface area contributed by atoms with E-state index in [4.69, 9.17) is 4.74 Å². The molecule has 150 valence electrons. The molecular weight excluding hydrogens is 384 g/mol. The van der Waals surface area contributed by atoms with Crippen LogP contribution in [0.4, 0.5) is 0 Å². The van der Waals surface area contributed by atoms with E-state index >= 15 is 0 Å². The summed E-state index contributed by atoms with van der Waals surface area (Å²) in [7, 11) is 0. The highest BCUT2D eigenvalue weighted by molar-refractivity contribution is 7.98. The third-order valence-electron chi connectivity index (χ3n) is 5.06. The minimum atomic E-state index is 0.0934. The second kappa shape index (κ2) is 9.13. The second-order valence-electron chi connectivity index (χ2n) is 6.93. The maximum absolute atomic E-state index is 13.1. The van der Waals surface area contributed by atoms with Crippen LogP contribution in [0, 0.1) is 0 Å². The van der Waals surface area contributed by atoms with Gasteiger partial charge in [0.15, 0.2) is 5.16 Å². The Labute approximate surface area is 174 Å². The van der Waals surface area contributed by atoms with Gasteiger partial charge in [0.2, 0.25) is 0 Å². The van der Waals surface area contributed by atoms with Gasteiger partial charge in [0.05, 0.1) is 12.6 Å². The molecule has 1 aromatic heterocycles. The number of nitrogens with one attached hydrogen (secondary N) is 1. The maximum Gasteiger partial charge on any atom is 0.254 e. The van der Waals surface area contributed by atoms with Crippen molar-refractivity contribution < 1.29 is 9.53 Å². The Morgan fingerprint density at radius 1 is 1.21 bits per heavy atom. The summed E-state index contributed by atoms with van der Waals surface area (Å²) in [6, 6.07) is 16.1. The first-order chi connectivity index (χ1) is 14.2. The lowest BCUT2D eigenvalue weighted by Gasteiger charge is -2.25. The fourth-order valence-corrected chi connectivity index (χ4v) is 4.37. The lowest BCUT2D eigenvalue weighted by Crippen LogP contribution is -2.30. The highest BCUT2D eigenvalue weighted by atomic mass is 32.2. The van der Waals surface area contributed by atoms with Crippen LogP contribution in [-0.2, 0) is 5.75 Å². The largest absolute Gasteiger partial charge is 0.494 e. The Morgan fingerprint density at radius 3 is 2.69 bits per heavy atom. The number of H-pyrrole nitrogens is 1. The Kier molecular flexibility index (Phi) is 6.14. The van der Waals surface area contributed by atoms with Gasteiger partial charge in [-0.15, -0.1) is 0 Å². The number of aromatic nitrogens is 3. The van der Waals surface area contributed by atoms with Gasteiger partial charge in [-0.05, 0) is 55.2 Å². The summed E-state index contributed by atoms with van der Waals surface area (Å²) < 4.78 is 5.53. The summed E-state index contributed by atoms with van der Waals surface area (Å²) in [4.78, 5) is 19.2. The van der Waals surface area contributed by atoms with Crippen molar-refractivity contribution in [2.45, 2.75) is 36.7 Å². The zero-order chi connectivity index (χ0) is 20.1. The van der Waals surface area contributed by atoms with Crippen molar-refractivity contribution in [3.05, 3.63) is 71.5 Å². The lowest BCUT2D eigenvalue weighted by molar-refractivity contribution is 0.0735. The summed E-state index contributed by atoms with van der Waals surface area (Å²) >= 11 is 1.59.